The van der Waals surface area contributed by atoms with Gasteiger partial charge in [-0.3, -0.25) is 0 Å². The molecule has 164 valence electrons. The summed E-state index contributed by atoms with van der Waals surface area (Å²) in [6.07, 6.45) is 11.6. The first kappa shape index (κ1) is 22.6. The maximum atomic E-state index is 14.7. The Hall–Kier alpha value is -1.12. The Morgan fingerprint density at radius 2 is 1.55 bits per heavy atom. The zero-order valence-corrected chi connectivity index (χ0v) is 18.5. The summed E-state index contributed by atoms with van der Waals surface area (Å²) >= 11 is 0. The molecule has 1 aromatic carbocycles. The van der Waals surface area contributed by atoms with Gasteiger partial charge in [0.15, 0.2) is 0 Å². The second-order valence-corrected chi connectivity index (χ2v) is 9.54. The van der Waals surface area contributed by atoms with Crippen molar-refractivity contribution in [2.75, 3.05) is 6.61 Å². The standard InChI is InChI=1S/C26H40F2O/c1-3-5-6-21-10-16-24(26(27,28)19-21)15-9-20-7-11-22(12-8-20)23-13-17-25(18-14-23)29-4-2/h13-14,17-18,20-22,24H,3-12,15-16,19H2,1-2H3. The van der Waals surface area contributed by atoms with Crippen LogP contribution in [-0.4, -0.2) is 12.5 Å². The average Bonchev–Trinajstić information content (AvgIpc) is 2.72. The van der Waals surface area contributed by atoms with Crippen LogP contribution in [0.15, 0.2) is 24.3 Å². The molecule has 0 N–H and O–H groups in total. The highest BCUT2D eigenvalue weighted by Gasteiger charge is 2.44. The predicted octanol–water partition coefficient (Wildman–Crippen LogP) is 8.38. The highest BCUT2D eigenvalue weighted by Crippen LogP contribution is 2.46. The Morgan fingerprint density at radius 1 is 0.862 bits per heavy atom. The lowest BCUT2D eigenvalue weighted by Crippen LogP contribution is -2.36. The number of ether oxygens (including phenoxy) is 1. The van der Waals surface area contributed by atoms with Gasteiger partial charge < -0.3 is 4.74 Å². The van der Waals surface area contributed by atoms with Crippen molar-refractivity contribution in [2.24, 2.45) is 17.8 Å². The Bertz CT molecular complexity index is 589. The van der Waals surface area contributed by atoms with E-state index in [1.54, 1.807) is 0 Å². The molecule has 0 spiro atoms. The molecule has 2 aliphatic carbocycles. The molecule has 0 aliphatic heterocycles. The molecular weight excluding hydrogens is 366 g/mol. The van der Waals surface area contributed by atoms with Crippen LogP contribution in [0.25, 0.3) is 0 Å². The third-order valence-corrected chi connectivity index (χ3v) is 7.48. The number of benzene rings is 1. The van der Waals surface area contributed by atoms with Gasteiger partial charge in [0.2, 0.25) is 0 Å². The summed E-state index contributed by atoms with van der Waals surface area (Å²) in [5.41, 5.74) is 1.41. The fourth-order valence-corrected chi connectivity index (χ4v) is 5.62. The van der Waals surface area contributed by atoms with E-state index >= 15 is 0 Å². The number of rotatable bonds is 9. The maximum absolute atomic E-state index is 14.7. The lowest BCUT2D eigenvalue weighted by Gasteiger charge is -2.37. The van der Waals surface area contributed by atoms with Crippen molar-refractivity contribution >= 4 is 0 Å². The predicted molar refractivity (Wildman–Crippen MR) is 117 cm³/mol. The van der Waals surface area contributed by atoms with Crippen LogP contribution < -0.4 is 4.74 Å². The lowest BCUT2D eigenvalue weighted by atomic mass is 9.72. The van der Waals surface area contributed by atoms with Crippen molar-refractivity contribution in [1.82, 2.24) is 0 Å². The maximum Gasteiger partial charge on any atom is 0.251 e. The molecule has 0 amide bonds. The Labute approximate surface area is 176 Å². The number of unbranched alkanes of at least 4 members (excludes halogenated alkanes) is 1. The van der Waals surface area contributed by atoms with E-state index in [0.717, 1.165) is 50.7 Å². The first-order valence-electron chi connectivity index (χ1n) is 12.1. The van der Waals surface area contributed by atoms with Crippen molar-refractivity contribution in [1.29, 1.82) is 0 Å². The van der Waals surface area contributed by atoms with Gasteiger partial charge >= 0.3 is 0 Å². The minimum absolute atomic E-state index is 0.141. The molecule has 0 saturated heterocycles. The van der Waals surface area contributed by atoms with Crippen LogP contribution in [0, 0.1) is 17.8 Å². The Morgan fingerprint density at radius 3 is 2.17 bits per heavy atom. The van der Waals surface area contributed by atoms with E-state index in [1.165, 1.54) is 31.2 Å². The highest BCUT2D eigenvalue weighted by atomic mass is 19.3. The molecule has 0 heterocycles. The number of hydrogen-bond acceptors (Lipinski definition) is 1. The molecule has 2 aliphatic rings. The molecule has 29 heavy (non-hydrogen) atoms. The number of hydrogen-bond donors (Lipinski definition) is 0. The number of halogens is 2. The molecule has 0 aromatic heterocycles. The van der Waals surface area contributed by atoms with Crippen molar-refractivity contribution in [3.05, 3.63) is 29.8 Å². The summed E-state index contributed by atoms with van der Waals surface area (Å²) in [7, 11) is 0. The molecule has 0 radical (unpaired) electrons. The normalized spacial score (nSPS) is 29.5. The molecular formula is C26H40F2O. The average molecular weight is 407 g/mol. The zero-order chi connectivity index (χ0) is 20.7. The second kappa shape index (κ2) is 10.8. The Balaban J connectivity index is 1.40. The minimum atomic E-state index is -2.43. The molecule has 2 unspecified atom stereocenters. The first-order valence-corrected chi connectivity index (χ1v) is 12.1. The molecule has 0 bridgehead atoms. The summed E-state index contributed by atoms with van der Waals surface area (Å²) in [5.74, 6) is -0.346. The van der Waals surface area contributed by atoms with Gasteiger partial charge in [0.25, 0.3) is 5.92 Å². The molecule has 3 rings (SSSR count). The largest absolute Gasteiger partial charge is 0.494 e. The van der Waals surface area contributed by atoms with Gasteiger partial charge in [0, 0.05) is 12.3 Å². The van der Waals surface area contributed by atoms with Crippen molar-refractivity contribution in [3.8, 4) is 5.75 Å². The van der Waals surface area contributed by atoms with Gasteiger partial charge in [-0.2, -0.15) is 0 Å². The SMILES string of the molecule is CCCCC1CCC(CCC2CCC(c3ccc(OCC)cc3)CC2)C(F)(F)C1. The molecule has 1 nitrogen and oxygen atoms in total. The molecule has 3 heteroatoms. The van der Waals surface area contributed by atoms with Crippen LogP contribution in [0.5, 0.6) is 5.75 Å². The highest BCUT2D eigenvalue weighted by molar-refractivity contribution is 5.29. The summed E-state index contributed by atoms with van der Waals surface area (Å²) < 4.78 is 34.9. The number of alkyl halides is 2. The monoisotopic (exact) mass is 406 g/mol. The van der Waals surface area contributed by atoms with Gasteiger partial charge in [0.05, 0.1) is 6.61 Å². The zero-order valence-electron chi connectivity index (χ0n) is 18.5. The van der Waals surface area contributed by atoms with E-state index in [0.29, 0.717) is 18.4 Å². The first-order chi connectivity index (χ1) is 14.0. The van der Waals surface area contributed by atoms with Gasteiger partial charge in [-0.05, 0) is 93.7 Å². The van der Waals surface area contributed by atoms with Crippen LogP contribution in [0.3, 0.4) is 0 Å². The third-order valence-electron chi connectivity index (χ3n) is 7.48. The van der Waals surface area contributed by atoms with Crippen molar-refractivity contribution < 1.29 is 13.5 Å². The van der Waals surface area contributed by atoms with E-state index in [2.05, 4.69) is 31.2 Å². The van der Waals surface area contributed by atoms with Crippen LogP contribution in [0.2, 0.25) is 0 Å². The summed E-state index contributed by atoms with van der Waals surface area (Å²) in [5, 5.41) is 0. The van der Waals surface area contributed by atoms with Gasteiger partial charge in [-0.25, -0.2) is 8.78 Å². The quantitative estimate of drug-likeness (QED) is 0.400. The summed E-state index contributed by atoms with van der Waals surface area (Å²) in [4.78, 5) is 0. The van der Waals surface area contributed by atoms with Gasteiger partial charge in [-0.15, -0.1) is 0 Å². The fraction of sp³-hybridized carbons (Fsp3) is 0.769. The van der Waals surface area contributed by atoms with Gasteiger partial charge in [-0.1, -0.05) is 38.3 Å². The van der Waals surface area contributed by atoms with Crippen LogP contribution in [-0.2, 0) is 0 Å². The summed E-state index contributed by atoms with van der Waals surface area (Å²) in [6.45, 7) is 4.85. The molecule has 2 fully saturated rings. The van der Waals surface area contributed by atoms with E-state index in [9.17, 15) is 8.78 Å². The van der Waals surface area contributed by atoms with Crippen LogP contribution >= 0.6 is 0 Å². The lowest BCUT2D eigenvalue weighted by molar-refractivity contribution is -0.107. The topological polar surface area (TPSA) is 9.23 Å². The van der Waals surface area contributed by atoms with E-state index in [1.807, 2.05) is 6.92 Å². The van der Waals surface area contributed by atoms with Crippen LogP contribution in [0.1, 0.15) is 102 Å². The van der Waals surface area contributed by atoms with Gasteiger partial charge in [0.1, 0.15) is 5.75 Å². The molecule has 1 aromatic rings. The van der Waals surface area contributed by atoms with Crippen molar-refractivity contribution in [3.63, 3.8) is 0 Å². The van der Waals surface area contributed by atoms with Crippen molar-refractivity contribution in [2.45, 2.75) is 103 Å². The third kappa shape index (κ3) is 6.43. The Kier molecular flexibility index (Phi) is 8.38. The summed E-state index contributed by atoms with van der Waals surface area (Å²) in [6, 6.07) is 8.55. The second-order valence-electron chi connectivity index (χ2n) is 9.54. The van der Waals surface area contributed by atoms with E-state index in [4.69, 9.17) is 4.74 Å². The molecule has 2 atom stereocenters. The van der Waals surface area contributed by atoms with E-state index in [-0.39, 0.29) is 18.3 Å². The van der Waals surface area contributed by atoms with E-state index < -0.39 is 5.92 Å². The molecule has 2 saturated carbocycles. The van der Waals surface area contributed by atoms with Crippen LogP contribution in [0.4, 0.5) is 8.78 Å². The fourth-order valence-electron chi connectivity index (χ4n) is 5.62. The minimum Gasteiger partial charge on any atom is -0.494 e. The smallest absolute Gasteiger partial charge is 0.251 e.